The van der Waals surface area contributed by atoms with Gasteiger partial charge >= 0.3 is 0 Å². The van der Waals surface area contributed by atoms with Crippen molar-refractivity contribution < 1.29 is 9.18 Å². The van der Waals surface area contributed by atoms with E-state index in [1.807, 2.05) is 52.2 Å². The van der Waals surface area contributed by atoms with Gasteiger partial charge in [-0.1, -0.05) is 0 Å². The minimum atomic E-state index is -0.249. The van der Waals surface area contributed by atoms with Gasteiger partial charge in [0.15, 0.2) is 0 Å². The van der Waals surface area contributed by atoms with Gasteiger partial charge in [0.05, 0.1) is 5.52 Å². The highest BCUT2D eigenvalue weighted by atomic mass is 32.2. The van der Waals surface area contributed by atoms with E-state index in [-0.39, 0.29) is 17.8 Å². The van der Waals surface area contributed by atoms with E-state index in [4.69, 9.17) is 0 Å². The molecule has 1 aromatic carbocycles. The van der Waals surface area contributed by atoms with Crippen LogP contribution in [0.1, 0.15) is 12.5 Å². The zero-order chi connectivity index (χ0) is 17.6. The third-order valence-corrected chi connectivity index (χ3v) is 4.92. The van der Waals surface area contributed by atoms with Gasteiger partial charge in [0.1, 0.15) is 11.9 Å². The number of benzene rings is 1. The highest BCUT2D eigenvalue weighted by Crippen LogP contribution is 2.17. The number of hydrogen-bond donors (Lipinski definition) is 1. The highest BCUT2D eigenvalue weighted by molar-refractivity contribution is 7.98. The van der Waals surface area contributed by atoms with Crippen LogP contribution in [0, 0.1) is 5.82 Å². The SMILES string of the molecule is CSCC[C@H](C(=O)NCCn1ccc2ccc(F)cc21)n1cccc1. The van der Waals surface area contributed by atoms with Gasteiger partial charge in [-0.2, -0.15) is 11.8 Å². The lowest BCUT2D eigenvalue weighted by Gasteiger charge is -2.18. The minimum absolute atomic E-state index is 0.0212. The third kappa shape index (κ3) is 4.25. The van der Waals surface area contributed by atoms with Crippen molar-refractivity contribution in [2.75, 3.05) is 18.6 Å². The molecule has 2 heterocycles. The Labute approximate surface area is 151 Å². The molecule has 3 aromatic rings. The van der Waals surface area contributed by atoms with Crippen LogP contribution in [0.15, 0.2) is 55.0 Å². The molecule has 3 rings (SSSR count). The molecular formula is C19H22FN3OS. The lowest BCUT2D eigenvalue weighted by Crippen LogP contribution is -2.34. The summed E-state index contributed by atoms with van der Waals surface area (Å²) < 4.78 is 17.4. The van der Waals surface area contributed by atoms with Crippen molar-refractivity contribution in [1.29, 1.82) is 0 Å². The summed E-state index contributed by atoms with van der Waals surface area (Å²) in [7, 11) is 0. The summed E-state index contributed by atoms with van der Waals surface area (Å²) in [5.41, 5.74) is 0.846. The summed E-state index contributed by atoms with van der Waals surface area (Å²) in [5.74, 6) is 0.701. The van der Waals surface area contributed by atoms with E-state index >= 15 is 0 Å². The summed E-state index contributed by atoms with van der Waals surface area (Å²) in [6.45, 7) is 1.12. The average molecular weight is 359 g/mol. The maximum atomic E-state index is 13.4. The van der Waals surface area contributed by atoms with Gasteiger partial charge in [-0.25, -0.2) is 4.39 Å². The van der Waals surface area contributed by atoms with Crippen molar-refractivity contribution in [2.45, 2.75) is 19.0 Å². The van der Waals surface area contributed by atoms with E-state index in [0.717, 1.165) is 23.1 Å². The number of fused-ring (bicyclic) bond motifs is 1. The number of halogens is 1. The number of nitrogens with one attached hydrogen (secondary N) is 1. The van der Waals surface area contributed by atoms with Crippen molar-refractivity contribution in [3.8, 4) is 0 Å². The fraction of sp³-hybridized carbons (Fsp3) is 0.316. The zero-order valence-electron chi connectivity index (χ0n) is 14.2. The topological polar surface area (TPSA) is 39.0 Å². The first-order valence-corrected chi connectivity index (χ1v) is 9.72. The van der Waals surface area contributed by atoms with E-state index in [9.17, 15) is 9.18 Å². The average Bonchev–Trinajstić information content (AvgIpc) is 3.26. The molecule has 132 valence electrons. The Morgan fingerprint density at radius 2 is 2.04 bits per heavy atom. The number of thioether (sulfide) groups is 1. The minimum Gasteiger partial charge on any atom is -0.353 e. The molecule has 0 radical (unpaired) electrons. The second-order valence-corrected chi connectivity index (χ2v) is 6.92. The zero-order valence-corrected chi connectivity index (χ0v) is 15.0. The maximum Gasteiger partial charge on any atom is 0.243 e. The van der Waals surface area contributed by atoms with Crippen LogP contribution in [-0.4, -0.2) is 33.6 Å². The molecule has 0 saturated heterocycles. The molecule has 6 heteroatoms. The maximum absolute atomic E-state index is 13.4. The van der Waals surface area contributed by atoms with Gasteiger partial charge in [0.25, 0.3) is 0 Å². The van der Waals surface area contributed by atoms with Crippen LogP contribution < -0.4 is 5.32 Å². The molecule has 0 aliphatic rings. The first-order chi connectivity index (χ1) is 12.2. The van der Waals surface area contributed by atoms with Crippen LogP contribution in [-0.2, 0) is 11.3 Å². The molecule has 0 saturated carbocycles. The van der Waals surface area contributed by atoms with Crippen molar-refractivity contribution in [2.24, 2.45) is 0 Å². The van der Waals surface area contributed by atoms with E-state index < -0.39 is 0 Å². The van der Waals surface area contributed by atoms with Gasteiger partial charge in [-0.05, 0) is 60.2 Å². The Balaban J connectivity index is 1.61. The second-order valence-electron chi connectivity index (χ2n) is 5.93. The molecule has 25 heavy (non-hydrogen) atoms. The molecule has 4 nitrogen and oxygen atoms in total. The van der Waals surface area contributed by atoms with Gasteiger partial charge in [-0.3, -0.25) is 4.79 Å². The lowest BCUT2D eigenvalue weighted by molar-refractivity contribution is -0.124. The standard InChI is InChI=1S/C19H22FN3OS/c1-25-13-7-17(22-9-2-3-10-22)19(24)21-8-12-23-11-6-15-4-5-16(20)14-18(15)23/h2-6,9-11,14,17H,7-8,12-13H2,1H3,(H,21,24)/t17-/m1/s1. The summed E-state index contributed by atoms with van der Waals surface area (Å²) in [5, 5.41) is 4.01. The number of amides is 1. The van der Waals surface area contributed by atoms with E-state index in [1.165, 1.54) is 12.1 Å². The van der Waals surface area contributed by atoms with Crippen molar-refractivity contribution in [1.82, 2.24) is 14.5 Å². The Hall–Kier alpha value is -2.21. The summed E-state index contributed by atoms with van der Waals surface area (Å²) in [6, 6.07) is 10.4. The Morgan fingerprint density at radius 3 is 2.80 bits per heavy atom. The predicted molar refractivity (Wildman–Crippen MR) is 101 cm³/mol. The predicted octanol–water partition coefficient (Wildman–Crippen LogP) is 3.69. The Bertz CT molecular complexity index is 828. The van der Waals surface area contributed by atoms with Crippen molar-refractivity contribution in [3.05, 3.63) is 60.8 Å². The number of carbonyl (C=O) groups excluding carboxylic acids is 1. The first kappa shape index (κ1) is 17.6. The van der Waals surface area contributed by atoms with E-state index in [0.29, 0.717) is 13.1 Å². The molecule has 0 aliphatic heterocycles. The fourth-order valence-corrected chi connectivity index (χ4v) is 3.43. The first-order valence-electron chi connectivity index (χ1n) is 8.32. The van der Waals surface area contributed by atoms with Gasteiger partial charge < -0.3 is 14.5 Å². The second kappa shape index (κ2) is 8.25. The van der Waals surface area contributed by atoms with E-state index in [2.05, 4.69) is 5.32 Å². The molecule has 2 aromatic heterocycles. The van der Waals surface area contributed by atoms with Gasteiger partial charge in [0.2, 0.25) is 5.91 Å². The van der Waals surface area contributed by atoms with Crippen molar-refractivity contribution in [3.63, 3.8) is 0 Å². The van der Waals surface area contributed by atoms with Gasteiger partial charge in [0, 0.05) is 31.7 Å². The number of nitrogens with zero attached hydrogens (tertiary/aromatic N) is 2. The molecule has 1 amide bonds. The van der Waals surface area contributed by atoms with Crippen LogP contribution in [0.2, 0.25) is 0 Å². The quantitative estimate of drug-likeness (QED) is 0.666. The Kier molecular flexibility index (Phi) is 5.81. The summed E-state index contributed by atoms with van der Waals surface area (Å²) in [4.78, 5) is 12.6. The van der Waals surface area contributed by atoms with Crippen LogP contribution in [0.3, 0.4) is 0 Å². The molecule has 0 unspecified atom stereocenters. The molecule has 0 spiro atoms. The number of rotatable bonds is 8. The molecule has 1 atom stereocenters. The summed E-state index contributed by atoms with van der Waals surface area (Å²) >= 11 is 1.74. The molecule has 1 N–H and O–H groups in total. The highest BCUT2D eigenvalue weighted by Gasteiger charge is 2.18. The number of carbonyl (C=O) groups is 1. The summed E-state index contributed by atoms with van der Waals surface area (Å²) in [6.07, 6.45) is 8.60. The monoisotopic (exact) mass is 359 g/mol. The molecule has 0 fully saturated rings. The Morgan fingerprint density at radius 1 is 1.24 bits per heavy atom. The van der Waals surface area contributed by atoms with Crippen molar-refractivity contribution >= 4 is 28.6 Å². The molecule has 0 bridgehead atoms. The molecule has 0 aliphatic carbocycles. The fourth-order valence-electron chi connectivity index (χ4n) is 2.97. The lowest BCUT2D eigenvalue weighted by atomic mass is 10.2. The normalized spacial score (nSPS) is 12.4. The number of aromatic nitrogens is 2. The van der Waals surface area contributed by atoms with Crippen LogP contribution in [0.4, 0.5) is 4.39 Å². The smallest absolute Gasteiger partial charge is 0.243 e. The van der Waals surface area contributed by atoms with E-state index in [1.54, 1.807) is 17.8 Å². The molecular weight excluding hydrogens is 337 g/mol. The van der Waals surface area contributed by atoms with Gasteiger partial charge in [-0.15, -0.1) is 0 Å². The largest absolute Gasteiger partial charge is 0.353 e. The van der Waals surface area contributed by atoms with Crippen LogP contribution in [0.5, 0.6) is 0 Å². The van der Waals surface area contributed by atoms with Crippen LogP contribution in [0.25, 0.3) is 10.9 Å². The van der Waals surface area contributed by atoms with Crippen LogP contribution >= 0.6 is 11.8 Å². The third-order valence-electron chi connectivity index (χ3n) is 4.27. The number of hydrogen-bond acceptors (Lipinski definition) is 2.